The summed E-state index contributed by atoms with van der Waals surface area (Å²) in [5.41, 5.74) is 1.85. The number of ether oxygens (including phenoxy) is 1. The van der Waals surface area contributed by atoms with E-state index in [1.54, 1.807) is 19.1 Å². The number of fused-ring (bicyclic) bond motifs is 1. The lowest BCUT2D eigenvalue weighted by Crippen LogP contribution is -2.01. The van der Waals surface area contributed by atoms with Crippen LogP contribution in [0.2, 0.25) is 0 Å². The summed E-state index contributed by atoms with van der Waals surface area (Å²) in [6, 6.07) is 5.92. The molecule has 0 aliphatic rings. The lowest BCUT2D eigenvalue weighted by Gasteiger charge is -2.07. The lowest BCUT2D eigenvalue weighted by atomic mass is 10.1. The normalized spacial score (nSPS) is 10.9. The Labute approximate surface area is 124 Å². The van der Waals surface area contributed by atoms with Crippen molar-refractivity contribution < 1.29 is 19.0 Å². The fourth-order valence-corrected chi connectivity index (χ4v) is 2.24. The third-order valence-corrected chi connectivity index (χ3v) is 3.28. The zero-order valence-electron chi connectivity index (χ0n) is 11.9. The molecule has 3 rings (SSSR count). The molecule has 0 saturated heterocycles. The number of aromatic nitrogens is 3. The fourth-order valence-electron chi connectivity index (χ4n) is 2.24. The van der Waals surface area contributed by atoms with E-state index in [-0.39, 0.29) is 11.2 Å². The van der Waals surface area contributed by atoms with Crippen LogP contribution in [0.25, 0.3) is 16.9 Å². The highest BCUT2D eigenvalue weighted by molar-refractivity contribution is 5.94. The molecule has 0 unspecified atom stereocenters. The molecule has 22 heavy (non-hydrogen) atoms. The lowest BCUT2D eigenvalue weighted by molar-refractivity contribution is 0.0699. The smallest absolute Gasteiger partial charge is 0.341 e. The van der Waals surface area contributed by atoms with Crippen molar-refractivity contribution in [2.45, 2.75) is 6.92 Å². The Balaban J connectivity index is 2.25. The molecule has 0 spiro atoms. The third-order valence-electron chi connectivity index (χ3n) is 3.28. The first-order valence-electron chi connectivity index (χ1n) is 6.43. The van der Waals surface area contributed by atoms with Crippen LogP contribution in [0.4, 0.5) is 4.39 Å². The molecule has 2 heterocycles. The van der Waals surface area contributed by atoms with E-state index in [0.717, 1.165) is 0 Å². The summed E-state index contributed by atoms with van der Waals surface area (Å²) in [4.78, 5) is 15.5. The van der Waals surface area contributed by atoms with Crippen molar-refractivity contribution in [3.05, 3.63) is 47.5 Å². The first kappa shape index (κ1) is 14.0. The van der Waals surface area contributed by atoms with E-state index in [0.29, 0.717) is 22.7 Å². The van der Waals surface area contributed by atoms with E-state index >= 15 is 0 Å². The van der Waals surface area contributed by atoms with E-state index in [4.69, 9.17) is 4.74 Å². The molecule has 0 radical (unpaired) electrons. The molecule has 0 aliphatic heterocycles. The van der Waals surface area contributed by atoms with E-state index in [9.17, 15) is 14.3 Å². The molecule has 0 atom stereocenters. The van der Waals surface area contributed by atoms with Gasteiger partial charge in [0.25, 0.3) is 0 Å². The van der Waals surface area contributed by atoms with Crippen LogP contribution in [0.15, 0.2) is 30.5 Å². The van der Waals surface area contributed by atoms with Gasteiger partial charge in [0.05, 0.1) is 19.0 Å². The number of rotatable bonds is 3. The Morgan fingerprint density at radius 1 is 1.32 bits per heavy atom. The Morgan fingerprint density at radius 2 is 2.09 bits per heavy atom. The monoisotopic (exact) mass is 301 g/mol. The number of benzene rings is 1. The molecule has 0 aliphatic carbocycles. The predicted octanol–water partition coefficient (Wildman–Crippen LogP) is 2.55. The second kappa shape index (κ2) is 5.10. The standard InChI is InChI=1S/C15H12FN3O3/c1-8-3-13(9-4-10(16)6-11(5-9)22-2)18-14-12(15(20)21)7-17-19(8)14/h3-7H,1-2H3,(H,20,21). The van der Waals surface area contributed by atoms with Gasteiger partial charge < -0.3 is 9.84 Å². The summed E-state index contributed by atoms with van der Waals surface area (Å²) in [5.74, 6) is -1.21. The molecule has 0 saturated carbocycles. The molecule has 1 aromatic carbocycles. The summed E-state index contributed by atoms with van der Waals surface area (Å²) < 4.78 is 20.1. The van der Waals surface area contributed by atoms with Crippen LogP contribution >= 0.6 is 0 Å². The number of nitrogens with zero attached hydrogens (tertiary/aromatic N) is 3. The number of hydrogen-bond donors (Lipinski definition) is 1. The Morgan fingerprint density at radius 3 is 2.77 bits per heavy atom. The quantitative estimate of drug-likeness (QED) is 0.804. The molecular formula is C15H12FN3O3. The maximum atomic E-state index is 13.6. The van der Waals surface area contributed by atoms with E-state index < -0.39 is 11.8 Å². The van der Waals surface area contributed by atoms with Crippen molar-refractivity contribution in [1.29, 1.82) is 0 Å². The average Bonchev–Trinajstić information content (AvgIpc) is 2.91. The number of aromatic carboxylic acids is 1. The number of carboxylic acids is 1. The van der Waals surface area contributed by atoms with Gasteiger partial charge in [0.2, 0.25) is 0 Å². The Kier molecular flexibility index (Phi) is 3.25. The molecule has 112 valence electrons. The van der Waals surface area contributed by atoms with Gasteiger partial charge >= 0.3 is 5.97 Å². The minimum Gasteiger partial charge on any atom is -0.497 e. The van der Waals surface area contributed by atoms with Crippen LogP contribution < -0.4 is 4.74 Å². The molecule has 0 amide bonds. The van der Waals surface area contributed by atoms with Gasteiger partial charge in [-0.1, -0.05) is 0 Å². The largest absolute Gasteiger partial charge is 0.497 e. The van der Waals surface area contributed by atoms with Crippen LogP contribution in [-0.4, -0.2) is 32.8 Å². The van der Waals surface area contributed by atoms with Crippen molar-refractivity contribution >= 4 is 11.6 Å². The maximum absolute atomic E-state index is 13.6. The van der Waals surface area contributed by atoms with E-state index in [1.165, 1.54) is 30.0 Å². The topological polar surface area (TPSA) is 76.7 Å². The van der Waals surface area contributed by atoms with Crippen molar-refractivity contribution in [3.63, 3.8) is 0 Å². The van der Waals surface area contributed by atoms with Gasteiger partial charge in [-0.3, -0.25) is 0 Å². The average molecular weight is 301 g/mol. The predicted molar refractivity (Wildman–Crippen MR) is 76.6 cm³/mol. The van der Waals surface area contributed by atoms with Gasteiger partial charge in [-0.05, 0) is 25.1 Å². The van der Waals surface area contributed by atoms with Crippen LogP contribution in [-0.2, 0) is 0 Å². The van der Waals surface area contributed by atoms with Crippen molar-refractivity contribution in [2.24, 2.45) is 0 Å². The van der Waals surface area contributed by atoms with Crippen molar-refractivity contribution in [1.82, 2.24) is 14.6 Å². The van der Waals surface area contributed by atoms with Gasteiger partial charge in [-0.25, -0.2) is 18.7 Å². The summed E-state index contributed by atoms with van der Waals surface area (Å²) in [6.07, 6.45) is 1.24. The number of carboxylic acid groups (broad SMARTS) is 1. The van der Waals surface area contributed by atoms with Crippen molar-refractivity contribution in [3.8, 4) is 17.0 Å². The molecular weight excluding hydrogens is 289 g/mol. The minimum atomic E-state index is -1.11. The van der Waals surface area contributed by atoms with Crippen LogP contribution in [0, 0.1) is 12.7 Å². The zero-order valence-corrected chi connectivity index (χ0v) is 11.9. The zero-order chi connectivity index (χ0) is 15.9. The highest BCUT2D eigenvalue weighted by atomic mass is 19.1. The summed E-state index contributed by atoms with van der Waals surface area (Å²) in [7, 11) is 1.44. The first-order chi connectivity index (χ1) is 10.5. The highest BCUT2D eigenvalue weighted by Crippen LogP contribution is 2.26. The first-order valence-corrected chi connectivity index (χ1v) is 6.43. The number of aryl methyl sites for hydroxylation is 1. The Hall–Kier alpha value is -2.96. The summed E-state index contributed by atoms with van der Waals surface area (Å²) in [5, 5.41) is 13.2. The number of methoxy groups -OCH3 is 1. The van der Waals surface area contributed by atoms with Gasteiger partial charge in [-0.15, -0.1) is 0 Å². The van der Waals surface area contributed by atoms with E-state index in [2.05, 4.69) is 10.1 Å². The number of carbonyl (C=O) groups is 1. The second-order valence-electron chi connectivity index (χ2n) is 4.76. The Bertz CT molecular complexity index is 889. The van der Waals surface area contributed by atoms with Crippen LogP contribution in [0.5, 0.6) is 5.75 Å². The van der Waals surface area contributed by atoms with Gasteiger partial charge in [0, 0.05) is 17.3 Å². The molecule has 0 bridgehead atoms. The van der Waals surface area contributed by atoms with Gasteiger partial charge in [-0.2, -0.15) is 5.10 Å². The molecule has 1 N–H and O–H groups in total. The molecule has 0 fully saturated rings. The molecule has 6 nitrogen and oxygen atoms in total. The van der Waals surface area contributed by atoms with Crippen LogP contribution in [0.3, 0.4) is 0 Å². The number of hydrogen-bond acceptors (Lipinski definition) is 4. The second-order valence-corrected chi connectivity index (χ2v) is 4.76. The van der Waals surface area contributed by atoms with E-state index in [1.807, 2.05) is 0 Å². The van der Waals surface area contributed by atoms with Crippen molar-refractivity contribution in [2.75, 3.05) is 7.11 Å². The van der Waals surface area contributed by atoms with Crippen LogP contribution in [0.1, 0.15) is 16.1 Å². The fraction of sp³-hybridized carbons (Fsp3) is 0.133. The molecule has 2 aromatic heterocycles. The molecule has 3 aromatic rings. The molecule has 7 heteroatoms. The van der Waals surface area contributed by atoms with Gasteiger partial charge in [0.15, 0.2) is 5.65 Å². The van der Waals surface area contributed by atoms with Gasteiger partial charge in [0.1, 0.15) is 17.1 Å². The summed E-state index contributed by atoms with van der Waals surface area (Å²) in [6.45, 7) is 1.77. The number of halogens is 1. The highest BCUT2D eigenvalue weighted by Gasteiger charge is 2.16. The third kappa shape index (κ3) is 2.26. The summed E-state index contributed by atoms with van der Waals surface area (Å²) >= 11 is 0. The SMILES string of the molecule is COc1cc(F)cc(-c2cc(C)n3ncc(C(=O)O)c3n2)c1. The maximum Gasteiger partial charge on any atom is 0.341 e. The minimum absolute atomic E-state index is 0.00619.